The van der Waals surface area contributed by atoms with Gasteiger partial charge in [0.1, 0.15) is 0 Å². The normalized spacial score (nSPS) is 43.8. The molecule has 0 spiro atoms. The fraction of sp³-hybridized carbons (Fsp3) is 1.00. The molecule has 2 saturated heterocycles. The van der Waals surface area contributed by atoms with E-state index >= 15 is 0 Å². The lowest BCUT2D eigenvalue weighted by molar-refractivity contribution is -0.112. The first-order valence-electron chi connectivity index (χ1n) is 9.66. The third kappa shape index (κ3) is 3.11. The number of nitrogens with one attached hydrogen (secondary N) is 1. The van der Waals surface area contributed by atoms with Gasteiger partial charge in [-0.3, -0.25) is 0 Å². The summed E-state index contributed by atoms with van der Waals surface area (Å²) in [5, 5.41) is 3.90. The highest BCUT2D eigenvalue weighted by molar-refractivity contribution is 5.06. The van der Waals surface area contributed by atoms with Crippen LogP contribution in [-0.4, -0.2) is 37.6 Å². The van der Waals surface area contributed by atoms with Crippen LogP contribution in [-0.2, 0) is 0 Å². The molecule has 2 aliphatic rings. The minimum atomic E-state index is 0.305. The Bertz CT molecular complexity index is 437. The summed E-state index contributed by atoms with van der Waals surface area (Å²) in [4.78, 5) is 2.60. The summed E-state index contributed by atoms with van der Waals surface area (Å²) in [6, 6.07) is 0.562. The molecule has 2 rings (SSSR count). The molecule has 2 fully saturated rings. The zero-order valence-electron chi connectivity index (χ0n) is 17.5. The molecule has 2 aliphatic heterocycles. The molecule has 2 heteroatoms. The quantitative estimate of drug-likeness (QED) is 0.698. The smallest absolute Gasteiger partial charge is 0.00928 e. The summed E-state index contributed by atoms with van der Waals surface area (Å²) >= 11 is 0. The van der Waals surface area contributed by atoms with Gasteiger partial charge >= 0.3 is 0 Å². The molecule has 2 bridgehead atoms. The van der Waals surface area contributed by atoms with Crippen molar-refractivity contribution in [2.45, 2.75) is 74.8 Å². The van der Waals surface area contributed by atoms with Gasteiger partial charge in [-0.15, -0.1) is 0 Å². The number of hydrogen-bond acceptors (Lipinski definition) is 2. The van der Waals surface area contributed by atoms with Crippen LogP contribution in [0.25, 0.3) is 0 Å². The molecular formula is C21H42N2. The maximum Gasteiger partial charge on any atom is 0.00928 e. The fourth-order valence-electron chi connectivity index (χ4n) is 5.98. The number of fused-ring (bicyclic) bond motifs is 2. The van der Waals surface area contributed by atoms with E-state index in [2.05, 4.69) is 79.6 Å². The largest absolute Gasteiger partial charge is 0.313 e. The Hall–Kier alpha value is -0.0800. The molecule has 2 heterocycles. The maximum absolute atomic E-state index is 3.90. The molecule has 0 saturated carbocycles. The van der Waals surface area contributed by atoms with E-state index in [1.807, 2.05) is 0 Å². The summed E-state index contributed by atoms with van der Waals surface area (Å²) in [5.74, 6) is 1.41. The van der Waals surface area contributed by atoms with Crippen molar-refractivity contribution >= 4 is 0 Å². The third-order valence-corrected chi connectivity index (χ3v) is 8.29. The Morgan fingerprint density at radius 1 is 0.913 bits per heavy atom. The van der Waals surface area contributed by atoms with Crippen molar-refractivity contribution in [1.82, 2.24) is 10.2 Å². The average Bonchev–Trinajstić information content (AvgIpc) is 2.37. The van der Waals surface area contributed by atoms with Crippen LogP contribution >= 0.6 is 0 Å². The number of rotatable bonds is 0. The molecule has 0 aromatic carbocycles. The second-order valence-corrected chi connectivity index (χ2v) is 11.1. The Labute approximate surface area is 145 Å². The van der Waals surface area contributed by atoms with Gasteiger partial charge in [0, 0.05) is 19.1 Å². The van der Waals surface area contributed by atoms with Crippen LogP contribution in [0.3, 0.4) is 0 Å². The van der Waals surface area contributed by atoms with Crippen LogP contribution < -0.4 is 5.32 Å². The van der Waals surface area contributed by atoms with E-state index in [0.29, 0.717) is 39.5 Å². The van der Waals surface area contributed by atoms with Gasteiger partial charge < -0.3 is 10.2 Å². The molecule has 0 aromatic rings. The van der Waals surface area contributed by atoms with Gasteiger partial charge in [-0.1, -0.05) is 55.4 Å². The van der Waals surface area contributed by atoms with Crippen LogP contribution in [0.15, 0.2) is 0 Å². The molecule has 0 aromatic heterocycles. The molecule has 136 valence electrons. The van der Waals surface area contributed by atoms with Crippen molar-refractivity contribution in [1.29, 1.82) is 0 Å². The van der Waals surface area contributed by atoms with Crippen LogP contribution in [0.1, 0.15) is 68.7 Å². The van der Waals surface area contributed by atoms with Crippen LogP contribution in [0.4, 0.5) is 0 Å². The van der Waals surface area contributed by atoms with E-state index in [4.69, 9.17) is 0 Å². The highest BCUT2D eigenvalue weighted by atomic mass is 15.1. The van der Waals surface area contributed by atoms with Gasteiger partial charge in [-0.05, 0) is 60.4 Å². The van der Waals surface area contributed by atoms with Crippen LogP contribution in [0.2, 0.25) is 0 Å². The van der Waals surface area contributed by atoms with E-state index in [9.17, 15) is 0 Å². The third-order valence-electron chi connectivity index (χ3n) is 8.29. The molecule has 2 nitrogen and oxygen atoms in total. The lowest BCUT2D eigenvalue weighted by atomic mass is 9.48. The Balaban J connectivity index is 2.60. The van der Waals surface area contributed by atoms with E-state index in [-0.39, 0.29) is 0 Å². The Kier molecular flexibility index (Phi) is 4.79. The minimum absolute atomic E-state index is 0.305. The van der Waals surface area contributed by atoms with Crippen LogP contribution in [0.5, 0.6) is 0 Å². The van der Waals surface area contributed by atoms with Crippen molar-refractivity contribution in [2.24, 2.45) is 33.5 Å². The van der Waals surface area contributed by atoms with Gasteiger partial charge in [0.25, 0.3) is 0 Å². The molecule has 1 N–H and O–H groups in total. The number of hydrogen-bond donors (Lipinski definition) is 1. The van der Waals surface area contributed by atoms with E-state index in [1.165, 1.54) is 19.5 Å². The summed E-state index contributed by atoms with van der Waals surface area (Å²) in [6.45, 7) is 26.0. The zero-order chi connectivity index (χ0) is 17.8. The molecule has 23 heavy (non-hydrogen) atoms. The topological polar surface area (TPSA) is 15.3 Å². The number of likely N-dealkylation sites (tertiary alicyclic amines) is 1. The van der Waals surface area contributed by atoms with Gasteiger partial charge in [0.05, 0.1) is 0 Å². The number of nitrogens with zero attached hydrogens (tertiary/aromatic N) is 1. The van der Waals surface area contributed by atoms with Crippen molar-refractivity contribution < 1.29 is 0 Å². The SMILES string of the molecule is CC1NCC(C)C2(C)CC(C(C)(C)CN(C)CC2(C)C)C1(C)C. The highest BCUT2D eigenvalue weighted by Gasteiger charge is 2.55. The molecule has 0 aliphatic carbocycles. The van der Waals surface area contributed by atoms with Crippen molar-refractivity contribution in [3.8, 4) is 0 Å². The van der Waals surface area contributed by atoms with E-state index in [1.54, 1.807) is 0 Å². The van der Waals surface area contributed by atoms with Crippen molar-refractivity contribution in [3.05, 3.63) is 0 Å². The standard InChI is InChI=1S/C21H42N2/c1-15-12-22-16(2)20(7,8)17-11-21(15,9)19(5,6)14-23(10)13-18(17,3)4/h15-17,22H,11-14H2,1-10H3. The average molecular weight is 323 g/mol. The first-order chi connectivity index (χ1) is 10.2. The first-order valence-corrected chi connectivity index (χ1v) is 9.66. The summed E-state index contributed by atoms with van der Waals surface area (Å²) < 4.78 is 0. The van der Waals surface area contributed by atoms with E-state index < -0.39 is 0 Å². The van der Waals surface area contributed by atoms with Gasteiger partial charge in [-0.25, -0.2) is 0 Å². The van der Waals surface area contributed by atoms with Crippen molar-refractivity contribution in [3.63, 3.8) is 0 Å². The molecular weight excluding hydrogens is 280 g/mol. The van der Waals surface area contributed by atoms with Gasteiger partial charge in [0.2, 0.25) is 0 Å². The van der Waals surface area contributed by atoms with Crippen molar-refractivity contribution in [2.75, 3.05) is 26.7 Å². The molecule has 4 atom stereocenters. The van der Waals surface area contributed by atoms with E-state index in [0.717, 1.165) is 6.54 Å². The minimum Gasteiger partial charge on any atom is -0.313 e. The second-order valence-electron chi connectivity index (χ2n) is 11.1. The fourth-order valence-corrected chi connectivity index (χ4v) is 5.98. The zero-order valence-corrected chi connectivity index (χ0v) is 17.5. The predicted octanol–water partition coefficient (Wildman–Crippen LogP) is 4.65. The summed E-state index contributed by atoms with van der Waals surface area (Å²) in [5.41, 5.74) is 1.32. The Morgan fingerprint density at radius 2 is 1.48 bits per heavy atom. The lowest BCUT2D eigenvalue weighted by Crippen LogP contribution is -2.62. The summed E-state index contributed by atoms with van der Waals surface area (Å²) in [6.07, 6.45) is 1.35. The predicted molar refractivity (Wildman–Crippen MR) is 102 cm³/mol. The first kappa shape index (κ1) is 19.2. The molecule has 4 unspecified atom stereocenters. The summed E-state index contributed by atoms with van der Waals surface area (Å²) in [7, 11) is 2.33. The highest BCUT2D eigenvalue weighted by Crippen LogP contribution is 2.58. The second kappa shape index (κ2) is 5.73. The molecule has 0 radical (unpaired) electrons. The molecule has 0 amide bonds. The lowest BCUT2D eigenvalue weighted by Gasteiger charge is -2.61. The Morgan fingerprint density at radius 3 is 2.04 bits per heavy atom. The monoisotopic (exact) mass is 322 g/mol. The van der Waals surface area contributed by atoms with Crippen LogP contribution in [0, 0.1) is 33.5 Å². The van der Waals surface area contributed by atoms with Gasteiger partial charge in [-0.2, -0.15) is 0 Å². The van der Waals surface area contributed by atoms with Gasteiger partial charge in [0.15, 0.2) is 0 Å². The maximum atomic E-state index is 3.90.